The maximum atomic E-state index is 12.7. The molecule has 1 amide bonds. The molecule has 1 aromatic heterocycles. The van der Waals surface area contributed by atoms with Gasteiger partial charge in [0.2, 0.25) is 0 Å². The van der Waals surface area contributed by atoms with E-state index in [1.165, 1.54) is 0 Å². The summed E-state index contributed by atoms with van der Waals surface area (Å²) in [4.78, 5) is 14.7. The Kier molecular flexibility index (Phi) is 3.62. The van der Waals surface area contributed by atoms with E-state index in [4.69, 9.17) is 4.74 Å². The van der Waals surface area contributed by atoms with Crippen molar-refractivity contribution in [2.45, 2.75) is 37.8 Å². The number of hydrogen-bond acceptors (Lipinski definition) is 3. The van der Waals surface area contributed by atoms with Crippen LogP contribution in [0.5, 0.6) is 0 Å². The lowest BCUT2D eigenvalue weighted by atomic mass is 10.1. The first kappa shape index (κ1) is 13.1. The summed E-state index contributed by atoms with van der Waals surface area (Å²) in [5, 5.41) is 4.19. The van der Waals surface area contributed by atoms with Crippen molar-refractivity contribution in [1.29, 1.82) is 0 Å². The van der Waals surface area contributed by atoms with Gasteiger partial charge in [-0.25, -0.2) is 0 Å². The number of rotatable bonds is 1. The minimum atomic E-state index is 0.0723. The summed E-state index contributed by atoms with van der Waals surface area (Å²) in [5.74, 6) is 0.0723. The van der Waals surface area contributed by atoms with Crippen LogP contribution in [0.15, 0.2) is 10.7 Å². The summed E-state index contributed by atoms with van der Waals surface area (Å²) in [6, 6.07) is 2.03. The maximum Gasteiger partial charge on any atom is 0.272 e. The Balaban J connectivity index is 1.87. The van der Waals surface area contributed by atoms with Crippen LogP contribution < -0.4 is 0 Å². The van der Waals surface area contributed by atoms with E-state index >= 15 is 0 Å². The van der Waals surface area contributed by atoms with Crippen molar-refractivity contribution in [1.82, 2.24) is 14.7 Å². The lowest BCUT2D eigenvalue weighted by Crippen LogP contribution is -2.44. The Labute approximate surface area is 121 Å². The molecule has 104 valence electrons. The highest BCUT2D eigenvalue weighted by molar-refractivity contribution is 9.10. The monoisotopic (exact) mass is 327 g/mol. The van der Waals surface area contributed by atoms with Crippen molar-refractivity contribution in [2.24, 2.45) is 7.05 Å². The van der Waals surface area contributed by atoms with Crippen LogP contribution in [-0.2, 0) is 11.8 Å². The van der Waals surface area contributed by atoms with Crippen molar-refractivity contribution in [3.8, 4) is 0 Å². The van der Waals surface area contributed by atoms with Crippen molar-refractivity contribution in [3.05, 3.63) is 16.4 Å². The SMILES string of the molecule is Cn1nc(Br)cc1C(=O)N1CCCO[C@@H]2CCC[C@H]21. The van der Waals surface area contributed by atoms with Gasteiger partial charge in [-0.1, -0.05) is 0 Å². The molecule has 0 spiro atoms. The molecule has 2 atom stereocenters. The predicted octanol–water partition coefficient (Wildman–Crippen LogP) is 1.97. The number of nitrogens with zero attached hydrogens (tertiary/aromatic N) is 3. The molecule has 0 aromatic carbocycles. The topological polar surface area (TPSA) is 47.4 Å². The number of fused-ring (bicyclic) bond motifs is 1. The minimum absolute atomic E-state index is 0.0723. The molecule has 0 bridgehead atoms. The average Bonchev–Trinajstić information content (AvgIpc) is 2.90. The van der Waals surface area contributed by atoms with Gasteiger partial charge in [0, 0.05) is 26.3 Å². The van der Waals surface area contributed by atoms with Gasteiger partial charge in [-0.05, 0) is 41.6 Å². The molecule has 19 heavy (non-hydrogen) atoms. The second kappa shape index (κ2) is 5.25. The van der Waals surface area contributed by atoms with E-state index in [0.29, 0.717) is 10.3 Å². The van der Waals surface area contributed by atoms with Crippen LogP contribution in [0.2, 0.25) is 0 Å². The summed E-state index contributed by atoms with van der Waals surface area (Å²) in [6.07, 6.45) is 4.41. The van der Waals surface area contributed by atoms with Gasteiger partial charge in [-0.15, -0.1) is 0 Å². The van der Waals surface area contributed by atoms with E-state index in [9.17, 15) is 4.79 Å². The predicted molar refractivity (Wildman–Crippen MR) is 73.9 cm³/mol. The van der Waals surface area contributed by atoms with Crippen molar-refractivity contribution in [2.75, 3.05) is 13.2 Å². The van der Waals surface area contributed by atoms with Gasteiger partial charge >= 0.3 is 0 Å². The summed E-state index contributed by atoms with van der Waals surface area (Å²) in [7, 11) is 1.80. The van der Waals surface area contributed by atoms with Crippen LogP contribution in [0.3, 0.4) is 0 Å². The maximum absolute atomic E-state index is 12.7. The Morgan fingerprint density at radius 2 is 2.32 bits per heavy atom. The fourth-order valence-corrected chi connectivity index (χ4v) is 3.58. The third kappa shape index (κ3) is 2.43. The molecule has 0 unspecified atom stereocenters. The lowest BCUT2D eigenvalue weighted by Gasteiger charge is -2.29. The fourth-order valence-electron chi connectivity index (χ4n) is 3.12. The summed E-state index contributed by atoms with van der Waals surface area (Å²) < 4.78 is 8.20. The van der Waals surface area contributed by atoms with E-state index in [1.807, 2.05) is 4.90 Å². The molecular formula is C13H18BrN3O2. The first-order valence-corrected chi connectivity index (χ1v) is 7.58. The zero-order valence-corrected chi connectivity index (χ0v) is 12.6. The quantitative estimate of drug-likeness (QED) is 0.792. The van der Waals surface area contributed by atoms with Crippen LogP contribution in [0.4, 0.5) is 0 Å². The number of aryl methyl sites for hydroxylation is 1. The molecule has 1 aliphatic carbocycles. The molecule has 1 saturated carbocycles. The molecule has 3 rings (SSSR count). The highest BCUT2D eigenvalue weighted by Crippen LogP contribution is 2.30. The third-order valence-electron chi connectivity index (χ3n) is 4.02. The number of carbonyl (C=O) groups is 1. The van der Waals surface area contributed by atoms with Crippen LogP contribution in [0.25, 0.3) is 0 Å². The lowest BCUT2D eigenvalue weighted by molar-refractivity contribution is 0.0292. The minimum Gasteiger partial charge on any atom is -0.376 e. The van der Waals surface area contributed by atoms with Gasteiger partial charge in [0.05, 0.1) is 12.1 Å². The van der Waals surface area contributed by atoms with Crippen molar-refractivity contribution >= 4 is 21.8 Å². The van der Waals surface area contributed by atoms with Crippen LogP contribution >= 0.6 is 15.9 Å². The average molecular weight is 328 g/mol. The number of aromatic nitrogens is 2. The number of amides is 1. The zero-order valence-electron chi connectivity index (χ0n) is 11.0. The van der Waals surface area contributed by atoms with Crippen molar-refractivity contribution in [3.63, 3.8) is 0 Å². The molecule has 2 aliphatic rings. The van der Waals surface area contributed by atoms with Crippen LogP contribution in [0, 0.1) is 0 Å². The fraction of sp³-hybridized carbons (Fsp3) is 0.692. The number of hydrogen-bond donors (Lipinski definition) is 0. The molecule has 0 N–H and O–H groups in total. The van der Waals surface area contributed by atoms with Gasteiger partial charge in [-0.2, -0.15) is 5.10 Å². The van der Waals surface area contributed by atoms with Gasteiger partial charge < -0.3 is 9.64 Å². The highest BCUT2D eigenvalue weighted by Gasteiger charge is 2.37. The highest BCUT2D eigenvalue weighted by atomic mass is 79.9. The number of ether oxygens (including phenoxy) is 1. The zero-order chi connectivity index (χ0) is 13.4. The van der Waals surface area contributed by atoms with E-state index in [-0.39, 0.29) is 18.1 Å². The van der Waals surface area contributed by atoms with E-state index in [2.05, 4.69) is 21.0 Å². The van der Waals surface area contributed by atoms with Crippen LogP contribution in [0.1, 0.15) is 36.2 Å². The number of halogens is 1. The molecule has 2 fully saturated rings. The van der Waals surface area contributed by atoms with Gasteiger partial charge in [0.1, 0.15) is 10.3 Å². The number of carbonyl (C=O) groups excluding carboxylic acids is 1. The van der Waals surface area contributed by atoms with Gasteiger partial charge in [0.15, 0.2) is 0 Å². The Bertz CT molecular complexity index is 488. The summed E-state index contributed by atoms with van der Waals surface area (Å²) >= 11 is 3.32. The smallest absolute Gasteiger partial charge is 0.272 e. The van der Waals surface area contributed by atoms with E-state index in [1.54, 1.807) is 17.8 Å². The van der Waals surface area contributed by atoms with Crippen LogP contribution in [-0.4, -0.2) is 45.9 Å². The normalized spacial score (nSPS) is 27.2. The second-order valence-electron chi connectivity index (χ2n) is 5.24. The van der Waals surface area contributed by atoms with Crippen molar-refractivity contribution < 1.29 is 9.53 Å². The Hall–Kier alpha value is -0.880. The molecule has 1 aliphatic heterocycles. The van der Waals surface area contributed by atoms with E-state index in [0.717, 1.165) is 38.8 Å². The summed E-state index contributed by atoms with van der Waals surface area (Å²) in [5.41, 5.74) is 0.638. The standard InChI is InChI=1S/C13H18BrN3O2/c1-16-10(8-12(14)15-16)13(18)17-6-3-7-19-11-5-2-4-9(11)17/h8-9,11H,2-7H2,1H3/t9-,11-/m1/s1. The molecule has 2 heterocycles. The molecule has 6 heteroatoms. The van der Waals surface area contributed by atoms with E-state index < -0.39 is 0 Å². The molecule has 1 saturated heterocycles. The molecular weight excluding hydrogens is 310 g/mol. The summed E-state index contributed by atoms with van der Waals surface area (Å²) in [6.45, 7) is 1.54. The molecule has 0 radical (unpaired) electrons. The first-order valence-electron chi connectivity index (χ1n) is 6.79. The first-order chi connectivity index (χ1) is 9.16. The Morgan fingerprint density at radius 1 is 1.47 bits per heavy atom. The van der Waals surface area contributed by atoms with Gasteiger partial charge in [0.25, 0.3) is 5.91 Å². The Morgan fingerprint density at radius 3 is 3.05 bits per heavy atom. The molecule has 1 aromatic rings. The third-order valence-corrected chi connectivity index (χ3v) is 4.41. The largest absolute Gasteiger partial charge is 0.376 e. The molecule has 5 nitrogen and oxygen atoms in total. The van der Waals surface area contributed by atoms with Gasteiger partial charge in [-0.3, -0.25) is 9.48 Å². The second-order valence-corrected chi connectivity index (χ2v) is 6.05.